The summed E-state index contributed by atoms with van der Waals surface area (Å²) in [6.07, 6.45) is 4.29. The molecule has 1 aliphatic carbocycles. The van der Waals surface area contributed by atoms with E-state index in [1.54, 1.807) is 16.3 Å². The van der Waals surface area contributed by atoms with Crippen LogP contribution in [0.4, 0.5) is 10.1 Å². The van der Waals surface area contributed by atoms with E-state index in [1.807, 2.05) is 0 Å². The lowest BCUT2D eigenvalue weighted by atomic mass is 9.82. The number of thiazole rings is 1. The number of rotatable bonds is 5. The fourth-order valence-electron chi connectivity index (χ4n) is 3.00. The second-order valence-corrected chi connectivity index (χ2v) is 8.51. The fourth-order valence-corrected chi connectivity index (χ4v) is 3.99. The van der Waals surface area contributed by atoms with E-state index in [1.165, 1.54) is 29.7 Å². The van der Waals surface area contributed by atoms with E-state index in [-0.39, 0.29) is 23.2 Å². The maximum absolute atomic E-state index is 14.2. The molecule has 0 atom stereocenters. The fraction of sp³-hybridized carbons (Fsp3) is 0.294. The first-order chi connectivity index (χ1) is 13.0. The van der Waals surface area contributed by atoms with E-state index in [4.69, 9.17) is 0 Å². The molecule has 0 radical (unpaired) electrons. The van der Waals surface area contributed by atoms with Crippen LogP contribution in [0.1, 0.15) is 23.3 Å². The van der Waals surface area contributed by atoms with Crippen LogP contribution in [-0.2, 0) is 6.54 Å². The molecule has 10 heteroatoms. The van der Waals surface area contributed by atoms with Gasteiger partial charge in [-0.2, -0.15) is 5.10 Å². The molecule has 0 spiro atoms. The number of halogens is 2. The predicted octanol–water partition coefficient (Wildman–Crippen LogP) is 3.33. The zero-order valence-corrected chi connectivity index (χ0v) is 16.4. The Hall–Kier alpha value is -2.17. The van der Waals surface area contributed by atoms with E-state index in [9.17, 15) is 14.3 Å². The van der Waals surface area contributed by atoms with Crippen molar-refractivity contribution in [2.24, 2.45) is 5.92 Å². The number of pyridine rings is 1. The normalized spacial score (nSPS) is 18.9. The number of hydrogen-bond donors (Lipinski definition) is 2. The summed E-state index contributed by atoms with van der Waals surface area (Å²) >= 11 is 4.53. The maximum Gasteiger partial charge on any atom is 0.275 e. The van der Waals surface area contributed by atoms with Crippen molar-refractivity contribution in [1.82, 2.24) is 19.7 Å². The first-order valence-electron chi connectivity index (χ1n) is 8.28. The molecule has 3 aromatic heterocycles. The molecule has 3 heterocycles. The van der Waals surface area contributed by atoms with Gasteiger partial charge in [-0.25, -0.2) is 9.37 Å². The monoisotopic (exact) mass is 451 g/mol. The Bertz CT molecular complexity index is 985. The van der Waals surface area contributed by atoms with Gasteiger partial charge < -0.3 is 10.4 Å². The number of aliphatic hydroxyl groups is 1. The minimum Gasteiger partial charge on any atom is -0.393 e. The molecular formula is C17H15BrFN5O2S. The van der Waals surface area contributed by atoms with Crippen molar-refractivity contribution in [3.05, 3.63) is 45.3 Å². The second-order valence-electron chi connectivity index (χ2n) is 6.38. The summed E-state index contributed by atoms with van der Waals surface area (Å²) in [4.78, 5) is 20.6. The molecule has 0 aromatic carbocycles. The number of carbonyl (C=O) groups excluding carboxylic acids is 1. The molecular weight excluding hydrogens is 437 g/mol. The molecule has 4 rings (SSSR count). The quantitative estimate of drug-likeness (QED) is 0.620. The summed E-state index contributed by atoms with van der Waals surface area (Å²) in [5, 5.41) is 18.3. The predicted molar refractivity (Wildman–Crippen MR) is 102 cm³/mol. The zero-order chi connectivity index (χ0) is 19.0. The summed E-state index contributed by atoms with van der Waals surface area (Å²) in [7, 11) is 0. The number of anilines is 1. The van der Waals surface area contributed by atoms with Gasteiger partial charge in [-0.05, 0) is 46.8 Å². The third kappa shape index (κ3) is 3.92. The van der Waals surface area contributed by atoms with Crippen LogP contribution in [0.2, 0.25) is 0 Å². The lowest BCUT2D eigenvalue weighted by Gasteiger charge is -2.31. The molecule has 1 aliphatic rings. The number of aromatic nitrogens is 4. The van der Waals surface area contributed by atoms with Gasteiger partial charge >= 0.3 is 0 Å². The molecule has 1 fully saturated rings. The van der Waals surface area contributed by atoms with Crippen LogP contribution < -0.4 is 5.32 Å². The first kappa shape index (κ1) is 18.2. The highest BCUT2D eigenvalue weighted by atomic mass is 79.9. The molecule has 1 amide bonds. The van der Waals surface area contributed by atoms with Gasteiger partial charge in [0.15, 0.2) is 9.73 Å². The van der Waals surface area contributed by atoms with Crippen LogP contribution in [0.15, 0.2) is 33.8 Å². The number of amides is 1. The minimum atomic E-state index is -0.520. The molecule has 0 unspecified atom stereocenters. The van der Waals surface area contributed by atoms with Crippen molar-refractivity contribution in [3.63, 3.8) is 0 Å². The smallest absolute Gasteiger partial charge is 0.275 e. The van der Waals surface area contributed by atoms with E-state index in [2.05, 4.69) is 36.3 Å². The molecule has 3 aromatic rings. The third-order valence-electron chi connectivity index (χ3n) is 4.36. The van der Waals surface area contributed by atoms with Crippen LogP contribution in [-0.4, -0.2) is 36.9 Å². The van der Waals surface area contributed by atoms with Crippen LogP contribution >= 0.6 is 27.3 Å². The van der Waals surface area contributed by atoms with Crippen molar-refractivity contribution in [2.75, 3.05) is 5.32 Å². The lowest BCUT2D eigenvalue weighted by molar-refractivity contribution is 0.0337. The summed E-state index contributed by atoms with van der Waals surface area (Å²) in [5.74, 6) is -0.624. The van der Waals surface area contributed by atoms with E-state index >= 15 is 0 Å². The average Bonchev–Trinajstić information content (AvgIpc) is 3.20. The number of hydrogen-bond acceptors (Lipinski definition) is 6. The standard InChI is InChI=1S/C17H15BrFN5O2S/c18-17-22-13(8-27-17)16(26)21-12-7-24(6-9-4-10(25)5-9)23-15(12)14-11(19)2-1-3-20-14/h1-3,7-10,25H,4-6H2,(H,21,26). The van der Waals surface area contributed by atoms with Crippen molar-refractivity contribution in [2.45, 2.75) is 25.5 Å². The van der Waals surface area contributed by atoms with Crippen LogP contribution in [0, 0.1) is 11.7 Å². The highest BCUT2D eigenvalue weighted by Gasteiger charge is 2.28. The highest BCUT2D eigenvalue weighted by molar-refractivity contribution is 9.11. The summed E-state index contributed by atoms with van der Waals surface area (Å²) in [5.41, 5.74) is 0.950. The van der Waals surface area contributed by atoms with Crippen molar-refractivity contribution in [1.29, 1.82) is 0 Å². The third-order valence-corrected chi connectivity index (χ3v) is 5.72. The first-order valence-corrected chi connectivity index (χ1v) is 9.95. The Morgan fingerprint density at radius 3 is 2.93 bits per heavy atom. The van der Waals surface area contributed by atoms with E-state index in [0.717, 1.165) is 0 Å². The van der Waals surface area contributed by atoms with Crippen molar-refractivity contribution >= 4 is 38.9 Å². The van der Waals surface area contributed by atoms with Gasteiger partial charge in [0, 0.05) is 24.3 Å². The molecule has 140 valence electrons. The molecule has 0 bridgehead atoms. The molecule has 0 aliphatic heterocycles. The van der Waals surface area contributed by atoms with Gasteiger partial charge in [-0.15, -0.1) is 11.3 Å². The average molecular weight is 452 g/mol. The minimum absolute atomic E-state index is 0.0691. The van der Waals surface area contributed by atoms with Gasteiger partial charge in [0.1, 0.15) is 17.1 Å². The molecule has 0 saturated heterocycles. The lowest BCUT2D eigenvalue weighted by Crippen LogP contribution is -2.31. The largest absolute Gasteiger partial charge is 0.393 e. The van der Waals surface area contributed by atoms with Crippen molar-refractivity contribution in [3.8, 4) is 11.4 Å². The summed E-state index contributed by atoms with van der Waals surface area (Å²) < 4.78 is 16.5. The molecule has 7 nitrogen and oxygen atoms in total. The Kier molecular flexibility index (Phi) is 5.02. The van der Waals surface area contributed by atoms with E-state index < -0.39 is 11.7 Å². The Balaban J connectivity index is 1.64. The van der Waals surface area contributed by atoms with E-state index in [0.29, 0.717) is 34.9 Å². The number of nitrogens with zero attached hydrogens (tertiary/aromatic N) is 4. The van der Waals surface area contributed by atoms with Gasteiger partial charge in [0.05, 0.1) is 11.8 Å². The summed E-state index contributed by atoms with van der Waals surface area (Å²) in [6.45, 7) is 0.580. The molecule has 1 saturated carbocycles. The second kappa shape index (κ2) is 7.45. The Labute approximate surface area is 166 Å². The Morgan fingerprint density at radius 2 is 2.26 bits per heavy atom. The molecule has 27 heavy (non-hydrogen) atoms. The topological polar surface area (TPSA) is 92.9 Å². The summed E-state index contributed by atoms with van der Waals surface area (Å²) in [6, 6.07) is 2.80. The van der Waals surface area contributed by atoms with Gasteiger partial charge in [0.2, 0.25) is 0 Å². The highest BCUT2D eigenvalue weighted by Crippen LogP contribution is 2.31. The van der Waals surface area contributed by atoms with Crippen LogP contribution in [0.3, 0.4) is 0 Å². The Morgan fingerprint density at radius 1 is 1.44 bits per heavy atom. The number of nitrogens with one attached hydrogen (secondary N) is 1. The SMILES string of the molecule is O=C(Nc1cn(CC2CC(O)C2)nc1-c1ncccc1F)c1csc(Br)n1. The molecule has 2 N–H and O–H groups in total. The zero-order valence-electron chi connectivity index (χ0n) is 14.0. The van der Waals surface area contributed by atoms with Gasteiger partial charge in [-0.3, -0.25) is 14.5 Å². The van der Waals surface area contributed by atoms with Crippen LogP contribution in [0.5, 0.6) is 0 Å². The van der Waals surface area contributed by atoms with Gasteiger partial charge in [0.25, 0.3) is 5.91 Å². The van der Waals surface area contributed by atoms with Crippen LogP contribution in [0.25, 0.3) is 11.4 Å². The van der Waals surface area contributed by atoms with Gasteiger partial charge in [-0.1, -0.05) is 0 Å². The maximum atomic E-state index is 14.2. The van der Waals surface area contributed by atoms with Crippen molar-refractivity contribution < 1.29 is 14.3 Å². The number of aliphatic hydroxyl groups excluding tert-OH is 1. The number of carbonyl (C=O) groups is 1.